The fraction of sp³-hybridized carbons (Fsp3) is 0.300. The zero-order valence-electron chi connectivity index (χ0n) is 14.5. The van der Waals surface area contributed by atoms with Crippen LogP contribution in [0, 0.1) is 6.92 Å². The molecule has 0 aliphatic carbocycles. The molecule has 0 spiro atoms. The van der Waals surface area contributed by atoms with Gasteiger partial charge in [-0.15, -0.1) is 0 Å². The van der Waals surface area contributed by atoms with Crippen molar-refractivity contribution in [3.63, 3.8) is 0 Å². The van der Waals surface area contributed by atoms with Crippen molar-refractivity contribution in [3.8, 4) is 0 Å². The lowest BCUT2D eigenvalue weighted by atomic mass is 10.1. The Morgan fingerprint density at radius 3 is 2.29 bits per heavy atom. The van der Waals surface area contributed by atoms with Crippen molar-refractivity contribution in [2.24, 2.45) is 0 Å². The van der Waals surface area contributed by atoms with Crippen molar-refractivity contribution >= 4 is 11.8 Å². The van der Waals surface area contributed by atoms with Crippen LogP contribution in [-0.2, 0) is 22.6 Å². The van der Waals surface area contributed by atoms with Crippen LogP contribution in [-0.4, -0.2) is 29.8 Å². The maximum Gasteiger partial charge on any atom is 0.242 e. The number of carbonyl (C=O) groups excluding carboxylic acids is 2. The second kappa shape index (κ2) is 8.29. The van der Waals surface area contributed by atoms with Gasteiger partial charge in [-0.2, -0.15) is 0 Å². The summed E-state index contributed by atoms with van der Waals surface area (Å²) in [6.07, 6.45) is 0.286. The van der Waals surface area contributed by atoms with Gasteiger partial charge in [-0.05, 0) is 30.5 Å². The summed E-state index contributed by atoms with van der Waals surface area (Å²) in [5.74, 6) is -0.217. The molecule has 2 aromatic carbocycles. The van der Waals surface area contributed by atoms with Gasteiger partial charge in [0.2, 0.25) is 11.8 Å². The van der Waals surface area contributed by atoms with Gasteiger partial charge in [-0.1, -0.05) is 54.6 Å². The molecule has 0 radical (unpaired) electrons. The molecule has 0 aromatic heterocycles. The van der Waals surface area contributed by atoms with Crippen LogP contribution < -0.4 is 5.32 Å². The number of nitrogens with one attached hydrogen (secondary N) is 1. The van der Waals surface area contributed by atoms with E-state index in [0.717, 1.165) is 16.7 Å². The van der Waals surface area contributed by atoms with E-state index >= 15 is 0 Å². The number of likely N-dealkylation sites (N-methyl/N-ethyl adjacent to an activating group) is 1. The van der Waals surface area contributed by atoms with E-state index in [1.807, 2.05) is 61.5 Å². The van der Waals surface area contributed by atoms with Gasteiger partial charge in [0.15, 0.2) is 0 Å². The number of rotatable bonds is 6. The summed E-state index contributed by atoms with van der Waals surface area (Å²) in [7, 11) is 1.59. The van der Waals surface area contributed by atoms with E-state index in [4.69, 9.17) is 0 Å². The summed E-state index contributed by atoms with van der Waals surface area (Å²) in [5, 5.41) is 2.63. The normalized spacial score (nSPS) is 11.6. The number of hydrogen-bond donors (Lipinski definition) is 1. The Labute approximate surface area is 143 Å². The average molecular weight is 324 g/mol. The van der Waals surface area contributed by atoms with Crippen molar-refractivity contribution in [2.45, 2.75) is 32.9 Å². The summed E-state index contributed by atoms with van der Waals surface area (Å²) in [4.78, 5) is 26.6. The van der Waals surface area contributed by atoms with Gasteiger partial charge in [-0.25, -0.2) is 0 Å². The minimum absolute atomic E-state index is 0.0550. The van der Waals surface area contributed by atoms with Gasteiger partial charge in [0.1, 0.15) is 6.04 Å². The van der Waals surface area contributed by atoms with Crippen molar-refractivity contribution in [1.29, 1.82) is 0 Å². The Kier molecular flexibility index (Phi) is 6.13. The quantitative estimate of drug-likeness (QED) is 0.888. The number of carbonyl (C=O) groups is 2. The maximum absolute atomic E-state index is 12.8. The third-order valence-corrected chi connectivity index (χ3v) is 4.21. The maximum atomic E-state index is 12.8. The van der Waals surface area contributed by atoms with E-state index in [0.29, 0.717) is 6.54 Å². The minimum Gasteiger partial charge on any atom is -0.357 e. The van der Waals surface area contributed by atoms with E-state index < -0.39 is 6.04 Å². The monoisotopic (exact) mass is 324 g/mol. The molecule has 0 aliphatic rings. The largest absolute Gasteiger partial charge is 0.357 e. The number of nitrogens with zero attached hydrogens (tertiary/aromatic N) is 1. The predicted molar refractivity (Wildman–Crippen MR) is 95.4 cm³/mol. The van der Waals surface area contributed by atoms with E-state index in [-0.39, 0.29) is 18.2 Å². The van der Waals surface area contributed by atoms with Gasteiger partial charge in [0.05, 0.1) is 6.42 Å². The first-order valence-corrected chi connectivity index (χ1v) is 8.12. The second-order valence-electron chi connectivity index (χ2n) is 5.90. The molecular formula is C20H24N2O2. The summed E-state index contributed by atoms with van der Waals surface area (Å²) >= 11 is 0. The molecule has 126 valence electrons. The summed E-state index contributed by atoms with van der Waals surface area (Å²) in [5.41, 5.74) is 3.11. The van der Waals surface area contributed by atoms with Gasteiger partial charge in [0, 0.05) is 13.6 Å². The highest BCUT2D eigenvalue weighted by molar-refractivity contribution is 5.88. The molecule has 24 heavy (non-hydrogen) atoms. The van der Waals surface area contributed by atoms with Crippen LogP contribution in [0.5, 0.6) is 0 Å². The molecule has 1 N–H and O–H groups in total. The summed E-state index contributed by atoms with van der Waals surface area (Å²) < 4.78 is 0. The molecule has 0 aliphatic heterocycles. The lowest BCUT2D eigenvalue weighted by Crippen LogP contribution is -2.47. The molecule has 4 nitrogen and oxygen atoms in total. The average Bonchev–Trinajstić information content (AvgIpc) is 2.60. The smallest absolute Gasteiger partial charge is 0.242 e. The van der Waals surface area contributed by atoms with Crippen LogP contribution in [0.25, 0.3) is 0 Å². The fourth-order valence-corrected chi connectivity index (χ4v) is 2.63. The Morgan fingerprint density at radius 2 is 1.67 bits per heavy atom. The van der Waals surface area contributed by atoms with E-state index in [2.05, 4.69) is 5.32 Å². The van der Waals surface area contributed by atoms with Crippen LogP contribution in [0.2, 0.25) is 0 Å². The first-order valence-electron chi connectivity index (χ1n) is 8.12. The summed E-state index contributed by atoms with van der Waals surface area (Å²) in [6, 6.07) is 17.0. The topological polar surface area (TPSA) is 49.4 Å². The van der Waals surface area contributed by atoms with Crippen molar-refractivity contribution < 1.29 is 9.59 Å². The molecule has 0 bridgehead atoms. The number of amides is 2. The number of benzene rings is 2. The lowest BCUT2D eigenvalue weighted by molar-refractivity contribution is -0.139. The molecule has 2 aromatic rings. The summed E-state index contributed by atoms with van der Waals surface area (Å²) in [6.45, 7) is 4.20. The lowest BCUT2D eigenvalue weighted by Gasteiger charge is -2.29. The van der Waals surface area contributed by atoms with Crippen molar-refractivity contribution in [3.05, 3.63) is 71.3 Å². The molecule has 0 heterocycles. The van der Waals surface area contributed by atoms with Crippen LogP contribution >= 0.6 is 0 Å². The SMILES string of the molecule is CNC(=O)C(C)N(Cc1ccccc1C)C(=O)Cc1ccccc1. The predicted octanol–water partition coefficient (Wildman–Crippen LogP) is 2.70. The molecule has 4 heteroatoms. The van der Waals surface area contributed by atoms with E-state index in [9.17, 15) is 9.59 Å². The number of aryl methyl sites for hydroxylation is 1. The first-order chi connectivity index (χ1) is 11.5. The number of hydrogen-bond acceptors (Lipinski definition) is 2. The Morgan fingerprint density at radius 1 is 1.04 bits per heavy atom. The molecule has 2 amide bonds. The minimum atomic E-state index is -0.522. The third kappa shape index (κ3) is 4.44. The zero-order chi connectivity index (χ0) is 17.5. The van der Waals surface area contributed by atoms with Gasteiger partial charge < -0.3 is 10.2 Å². The van der Waals surface area contributed by atoms with Crippen LogP contribution in [0.1, 0.15) is 23.6 Å². The highest BCUT2D eigenvalue weighted by Gasteiger charge is 2.25. The fourth-order valence-electron chi connectivity index (χ4n) is 2.63. The highest BCUT2D eigenvalue weighted by Crippen LogP contribution is 2.15. The van der Waals surface area contributed by atoms with Crippen LogP contribution in [0.4, 0.5) is 0 Å². The standard InChI is InChI=1S/C20H24N2O2/c1-15-9-7-8-12-18(15)14-22(16(2)20(24)21-3)19(23)13-17-10-5-4-6-11-17/h4-12,16H,13-14H2,1-3H3,(H,21,24). The second-order valence-corrected chi connectivity index (χ2v) is 5.90. The first kappa shape index (κ1) is 17.7. The van der Waals surface area contributed by atoms with Crippen molar-refractivity contribution in [2.75, 3.05) is 7.05 Å². The van der Waals surface area contributed by atoms with Gasteiger partial charge in [0.25, 0.3) is 0 Å². The van der Waals surface area contributed by atoms with Crippen molar-refractivity contribution in [1.82, 2.24) is 10.2 Å². The van der Waals surface area contributed by atoms with Crippen LogP contribution in [0.15, 0.2) is 54.6 Å². The molecule has 2 rings (SSSR count). The Hall–Kier alpha value is -2.62. The van der Waals surface area contributed by atoms with Gasteiger partial charge >= 0.3 is 0 Å². The molecule has 0 saturated carbocycles. The molecular weight excluding hydrogens is 300 g/mol. The highest BCUT2D eigenvalue weighted by atomic mass is 16.2. The molecule has 1 atom stereocenters. The van der Waals surface area contributed by atoms with Crippen LogP contribution in [0.3, 0.4) is 0 Å². The van der Waals surface area contributed by atoms with Gasteiger partial charge in [-0.3, -0.25) is 9.59 Å². The molecule has 1 unspecified atom stereocenters. The molecule has 0 saturated heterocycles. The Bertz CT molecular complexity index is 698. The zero-order valence-corrected chi connectivity index (χ0v) is 14.5. The molecule has 0 fully saturated rings. The Balaban J connectivity index is 2.23. The third-order valence-electron chi connectivity index (χ3n) is 4.21. The van der Waals surface area contributed by atoms with E-state index in [1.165, 1.54) is 0 Å². The van der Waals surface area contributed by atoms with E-state index in [1.54, 1.807) is 18.9 Å².